The third kappa shape index (κ3) is 2.28. The van der Waals surface area contributed by atoms with Crippen molar-refractivity contribution in [3.8, 4) is 0 Å². The lowest BCUT2D eigenvalue weighted by Crippen LogP contribution is -1.96. The number of aromatic amines is 1. The predicted octanol–water partition coefficient (Wildman–Crippen LogP) is 0.760. The van der Waals surface area contributed by atoms with Crippen LogP contribution in [0.25, 0.3) is 11.2 Å². The maximum absolute atomic E-state index is 10.3. The van der Waals surface area contributed by atoms with Gasteiger partial charge in [-0.1, -0.05) is 0 Å². The zero-order valence-electron chi connectivity index (χ0n) is 7.97. The number of carboxylic acid groups (broad SMARTS) is 1. The Balaban J connectivity index is 2.05. The number of carbonyl (C=O) groups is 1. The van der Waals surface area contributed by atoms with Gasteiger partial charge < -0.3 is 10.1 Å². The van der Waals surface area contributed by atoms with Gasteiger partial charge in [0.2, 0.25) is 0 Å². The monoisotopic (exact) mass is 206 g/mol. The van der Waals surface area contributed by atoms with E-state index in [1.807, 2.05) is 0 Å². The van der Waals surface area contributed by atoms with E-state index in [-0.39, 0.29) is 6.42 Å². The third-order valence-corrected chi connectivity index (χ3v) is 2.02. The number of aryl methyl sites for hydroxylation is 1. The van der Waals surface area contributed by atoms with Crippen LogP contribution in [0.5, 0.6) is 0 Å². The molecule has 6 nitrogen and oxygen atoms in total. The molecule has 2 heterocycles. The highest BCUT2D eigenvalue weighted by atomic mass is 16.4. The second-order valence-electron chi connectivity index (χ2n) is 3.19. The summed E-state index contributed by atoms with van der Waals surface area (Å²) in [6.07, 6.45) is 4.42. The summed E-state index contributed by atoms with van der Waals surface area (Å²) >= 11 is 0. The molecule has 0 bridgehead atoms. The number of rotatable bonds is 4. The van der Waals surface area contributed by atoms with Crippen LogP contribution in [0, 0.1) is 0 Å². The van der Waals surface area contributed by atoms with Crippen LogP contribution in [0.15, 0.2) is 12.5 Å². The molecular formula is C9H10N4O2. The van der Waals surface area contributed by atoms with Crippen LogP contribution in [-0.4, -0.2) is 31.0 Å². The second-order valence-corrected chi connectivity index (χ2v) is 3.19. The average molecular weight is 206 g/mol. The minimum atomic E-state index is -0.786. The lowest BCUT2D eigenvalue weighted by atomic mass is 10.2. The van der Waals surface area contributed by atoms with Gasteiger partial charge in [0.15, 0.2) is 5.65 Å². The number of aromatic nitrogens is 4. The number of H-pyrrole nitrogens is 1. The van der Waals surface area contributed by atoms with Crippen molar-refractivity contribution in [2.45, 2.75) is 19.3 Å². The van der Waals surface area contributed by atoms with E-state index in [1.165, 1.54) is 6.33 Å². The lowest BCUT2D eigenvalue weighted by molar-refractivity contribution is -0.137. The molecule has 0 amide bonds. The molecule has 2 N–H and O–H groups in total. The number of nitrogens with zero attached hydrogens (tertiary/aromatic N) is 3. The Labute approximate surface area is 85.4 Å². The Morgan fingerprint density at radius 3 is 3.13 bits per heavy atom. The molecule has 78 valence electrons. The summed E-state index contributed by atoms with van der Waals surface area (Å²) in [5, 5.41) is 8.48. The zero-order chi connectivity index (χ0) is 10.7. The fourth-order valence-electron chi connectivity index (χ4n) is 1.34. The first-order valence-electron chi connectivity index (χ1n) is 4.62. The number of aliphatic carboxylic acids is 1. The fourth-order valence-corrected chi connectivity index (χ4v) is 1.34. The summed E-state index contributed by atoms with van der Waals surface area (Å²) in [7, 11) is 0. The summed E-state index contributed by atoms with van der Waals surface area (Å²) in [6, 6.07) is 0. The van der Waals surface area contributed by atoms with Crippen LogP contribution in [0.2, 0.25) is 0 Å². The van der Waals surface area contributed by atoms with Crippen molar-refractivity contribution >= 4 is 17.1 Å². The minimum absolute atomic E-state index is 0.155. The van der Waals surface area contributed by atoms with Gasteiger partial charge in [-0.25, -0.2) is 15.0 Å². The Hall–Kier alpha value is -1.98. The lowest BCUT2D eigenvalue weighted by Gasteiger charge is -1.92. The van der Waals surface area contributed by atoms with Crippen LogP contribution < -0.4 is 0 Å². The molecule has 0 atom stereocenters. The van der Waals surface area contributed by atoms with E-state index in [0.717, 1.165) is 11.3 Å². The zero-order valence-corrected chi connectivity index (χ0v) is 7.97. The SMILES string of the molecule is O=C(O)CCCc1nc2ncncc2[nH]1. The van der Waals surface area contributed by atoms with Gasteiger partial charge in [0.1, 0.15) is 17.7 Å². The number of nitrogens with one attached hydrogen (secondary N) is 1. The highest BCUT2D eigenvalue weighted by molar-refractivity contribution is 5.68. The average Bonchev–Trinajstić information content (AvgIpc) is 2.59. The fraction of sp³-hybridized carbons (Fsp3) is 0.333. The van der Waals surface area contributed by atoms with Gasteiger partial charge >= 0.3 is 5.97 Å². The van der Waals surface area contributed by atoms with Crippen LogP contribution >= 0.6 is 0 Å². The predicted molar refractivity (Wildman–Crippen MR) is 52.3 cm³/mol. The maximum atomic E-state index is 10.3. The molecule has 0 unspecified atom stereocenters. The van der Waals surface area contributed by atoms with E-state index in [1.54, 1.807) is 6.20 Å². The Kier molecular flexibility index (Phi) is 2.57. The highest BCUT2D eigenvalue weighted by Crippen LogP contribution is 2.08. The van der Waals surface area contributed by atoms with Gasteiger partial charge in [-0.15, -0.1) is 0 Å². The van der Waals surface area contributed by atoms with Gasteiger partial charge in [-0.05, 0) is 6.42 Å². The number of fused-ring (bicyclic) bond motifs is 1. The summed E-state index contributed by atoms with van der Waals surface area (Å²) < 4.78 is 0. The molecule has 0 aromatic carbocycles. The van der Waals surface area contributed by atoms with E-state index in [9.17, 15) is 4.79 Å². The van der Waals surface area contributed by atoms with Crippen molar-refractivity contribution in [2.75, 3.05) is 0 Å². The molecule has 6 heteroatoms. The molecule has 0 spiro atoms. The third-order valence-electron chi connectivity index (χ3n) is 2.02. The maximum Gasteiger partial charge on any atom is 0.303 e. The van der Waals surface area contributed by atoms with Gasteiger partial charge in [0, 0.05) is 12.8 Å². The Bertz CT molecular complexity index is 447. The van der Waals surface area contributed by atoms with Crippen molar-refractivity contribution in [3.63, 3.8) is 0 Å². The molecule has 0 aliphatic rings. The van der Waals surface area contributed by atoms with E-state index < -0.39 is 5.97 Å². The molecule has 2 aromatic heterocycles. The molecule has 0 aliphatic carbocycles. The van der Waals surface area contributed by atoms with Gasteiger partial charge in [-0.3, -0.25) is 4.79 Å². The van der Waals surface area contributed by atoms with E-state index in [0.29, 0.717) is 18.5 Å². The first kappa shape index (κ1) is 9.57. The molecule has 2 rings (SSSR count). The van der Waals surface area contributed by atoms with Crippen molar-refractivity contribution in [2.24, 2.45) is 0 Å². The van der Waals surface area contributed by atoms with Crippen LogP contribution in [-0.2, 0) is 11.2 Å². The van der Waals surface area contributed by atoms with Crippen LogP contribution in [0.3, 0.4) is 0 Å². The minimum Gasteiger partial charge on any atom is -0.481 e. The van der Waals surface area contributed by atoms with E-state index in [4.69, 9.17) is 5.11 Å². The van der Waals surface area contributed by atoms with Gasteiger partial charge in [0.25, 0.3) is 0 Å². The van der Waals surface area contributed by atoms with Crippen molar-refractivity contribution in [3.05, 3.63) is 18.3 Å². The quantitative estimate of drug-likeness (QED) is 0.770. The molecule has 2 aromatic rings. The van der Waals surface area contributed by atoms with E-state index >= 15 is 0 Å². The summed E-state index contributed by atoms with van der Waals surface area (Å²) in [5.74, 6) is -0.0300. The topological polar surface area (TPSA) is 91.8 Å². The largest absolute Gasteiger partial charge is 0.481 e. The van der Waals surface area contributed by atoms with Crippen molar-refractivity contribution in [1.82, 2.24) is 19.9 Å². The summed E-state index contributed by atoms with van der Waals surface area (Å²) in [5.41, 5.74) is 1.40. The van der Waals surface area contributed by atoms with Gasteiger partial charge in [-0.2, -0.15) is 0 Å². The molecule has 0 fully saturated rings. The second kappa shape index (κ2) is 4.04. The van der Waals surface area contributed by atoms with Crippen LogP contribution in [0.4, 0.5) is 0 Å². The smallest absolute Gasteiger partial charge is 0.303 e. The normalized spacial score (nSPS) is 10.7. The van der Waals surface area contributed by atoms with E-state index in [2.05, 4.69) is 19.9 Å². The Morgan fingerprint density at radius 2 is 2.40 bits per heavy atom. The standard InChI is InChI=1S/C9H10N4O2/c14-8(15)3-1-2-7-12-6-4-10-5-11-9(6)13-7/h4-5H,1-3H2,(H,14,15)(H,10,11,12,13). The molecular weight excluding hydrogens is 196 g/mol. The first-order chi connectivity index (χ1) is 7.25. The highest BCUT2D eigenvalue weighted by Gasteiger charge is 2.04. The van der Waals surface area contributed by atoms with Crippen molar-refractivity contribution in [1.29, 1.82) is 0 Å². The number of hydrogen-bond donors (Lipinski definition) is 2. The number of carboxylic acids is 1. The molecule has 0 radical (unpaired) electrons. The molecule has 15 heavy (non-hydrogen) atoms. The molecule has 0 saturated heterocycles. The molecule has 0 saturated carbocycles. The molecule has 0 aliphatic heterocycles. The van der Waals surface area contributed by atoms with Gasteiger partial charge in [0.05, 0.1) is 6.20 Å². The number of hydrogen-bond acceptors (Lipinski definition) is 4. The van der Waals surface area contributed by atoms with Crippen LogP contribution in [0.1, 0.15) is 18.7 Å². The first-order valence-corrected chi connectivity index (χ1v) is 4.62. The summed E-state index contributed by atoms with van der Waals surface area (Å²) in [4.78, 5) is 25.4. The Morgan fingerprint density at radius 1 is 1.53 bits per heavy atom. The summed E-state index contributed by atoms with van der Waals surface area (Å²) in [6.45, 7) is 0. The van der Waals surface area contributed by atoms with Crippen molar-refractivity contribution < 1.29 is 9.90 Å². The number of imidazole rings is 1.